The molecule has 2 nitrogen and oxygen atoms in total. The van der Waals surface area contributed by atoms with Crippen LogP contribution in [0.25, 0.3) is 0 Å². The van der Waals surface area contributed by atoms with Crippen LogP contribution in [-0.2, 0) is 17.6 Å². The molecule has 1 atom stereocenters. The molecule has 0 bridgehead atoms. The van der Waals surface area contributed by atoms with Crippen LogP contribution < -0.4 is 5.32 Å². The summed E-state index contributed by atoms with van der Waals surface area (Å²) >= 11 is 0. The lowest BCUT2D eigenvalue weighted by molar-refractivity contribution is -0.116. The zero-order valence-electron chi connectivity index (χ0n) is 8.63. The molecule has 0 fully saturated rings. The number of carbonyl (C=O) groups is 1. The number of hydrogen-bond donors (Lipinski definition) is 1. The molecule has 2 rings (SSSR count). The highest BCUT2D eigenvalue weighted by Gasteiger charge is 2.16. The lowest BCUT2D eigenvalue weighted by Gasteiger charge is -2.04. The topological polar surface area (TPSA) is 29.1 Å². The highest BCUT2D eigenvalue weighted by Crippen LogP contribution is 2.26. The van der Waals surface area contributed by atoms with Crippen molar-refractivity contribution in [2.24, 2.45) is 0 Å². The molecule has 2 heteroatoms. The van der Waals surface area contributed by atoms with Crippen LogP contribution in [0.5, 0.6) is 0 Å². The van der Waals surface area contributed by atoms with E-state index >= 15 is 0 Å². The molecule has 0 saturated carbocycles. The third-order valence-corrected chi connectivity index (χ3v) is 2.56. The van der Waals surface area contributed by atoms with Gasteiger partial charge in [0.05, 0.1) is 0 Å². The Kier molecular flexibility index (Phi) is 2.28. The van der Waals surface area contributed by atoms with Crippen molar-refractivity contribution in [2.75, 3.05) is 5.32 Å². The summed E-state index contributed by atoms with van der Waals surface area (Å²) in [6.07, 6.45) is 1.64. The molecule has 0 aliphatic carbocycles. The summed E-state index contributed by atoms with van der Waals surface area (Å²) in [5.41, 5.74) is 3.68. The molecule has 0 amide bonds. The fourth-order valence-corrected chi connectivity index (χ4v) is 1.98. The molecule has 14 heavy (non-hydrogen) atoms. The Hall–Kier alpha value is -1.31. The van der Waals surface area contributed by atoms with Crippen LogP contribution in [-0.4, -0.2) is 11.8 Å². The lowest BCUT2D eigenvalue weighted by Crippen LogP contribution is -2.08. The number of rotatable bonds is 2. The van der Waals surface area contributed by atoms with Crippen LogP contribution in [0.1, 0.15) is 25.0 Å². The molecule has 1 unspecified atom stereocenters. The smallest absolute Gasteiger partial charge is 0.134 e. The number of benzene rings is 1. The van der Waals surface area contributed by atoms with Crippen LogP contribution in [0.4, 0.5) is 5.69 Å². The van der Waals surface area contributed by atoms with E-state index in [4.69, 9.17) is 0 Å². The van der Waals surface area contributed by atoms with Crippen molar-refractivity contribution in [2.45, 2.75) is 32.7 Å². The Morgan fingerprint density at radius 1 is 1.57 bits per heavy atom. The Bertz CT molecular complexity index is 371. The van der Waals surface area contributed by atoms with Gasteiger partial charge in [0.15, 0.2) is 0 Å². The lowest BCUT2D eigenvalue weighted by atomic mass is 10.0. The Morgan fingerprint density at radius 3 is 3.07 bits per heavy atom. The Morgan fingerprint density at radius 2 is 2.36 bits per heavy atom. The molecule has 74 valence electrons. The fourth-order valence-electron chi connectivity index (χ4n) is 1.98. The monoisotopic (exact) mass is 189 g/mol. The third kappa shape index (κ3) is 1.79. The number of Topliss-reactive ketones (excluding diaryl/α,β-unsaturated/α-hetero) is 1. The molecule has 1 aromatic carbocycles. The van der Waals surface area contributed by atoms with Crippen molar-refractivity contribution < 1.29 is 4.79 Å². The van der Waals surface area contributed by atoms with Crippen molar-refractivity contribution in [3.63, 3.8) is 0 Å². The maximum absolute atomic E-state index is 11.0. The van der Waals surface area contributed by atoms with Crippen molar-refractivity contribution in [1.82, 2.24) is 0 Å². The van der Waals surface area contributed by atoms with Gasteiger partial charge in [0.25, 0.3) is 0 Å². The SMILES string of the molecule is CC(=O)Cc1ccc2c(c1)NC(C)C2. The van der Waals surface area contributed by atoms with Crippen molar-refractivity contribution in [3.8, 4) is 0 Å². The first-order valence-corrected chi connectivity index (χ1v) is 5.03. The summed E-state index contributed by atoms with van der Waals surface area (Å²) < 4.78 is 0. The summed E-state index contributed by atoms with van der Waals surface area (Å²) in [6.45, 7) is 3.80. The molecular weight excluding hydrogens is 174 g/mol. The highest BCUT2D eigenvalue weighted by atomic mass is 16.1. The van der Waals surface area contributed by atoms with Gasteiger partial charge in [-0.2, -0.15) is 0 Å². The normalized spacial score (nSPS) is 18.9. The second-order valence-corrected chi connectivity index (χ2v) is 4.12. The van der Waals surface area contributed by atoms with Gasteiger partial charge in [0, 0.05) is 18.2 Å². The van der Waals surface area contributed by atoms with E-state index in [-0.39, 0.29) is 5.78 Å². The number of carbonyl (C=O) groups excluding carboxylic acids is 1. The largest absolute Gasteiger partial charge is 0.382 e. The molecule has 0 radical (unpaired) electrons. The number of nitrogens with one attached hydrogen (secondary N) is 1. The van der Waals surface area contributed by atoms with Gasteiger partial charge < -0.3 is 5.32 Å². The first-order valence-electron chi connectivity index (χ1n) is 5.03. The molecule has 0 spiro atoms. The second-order valence-electron chi connectivity index (χ2n) is 4.12. The van der Waals surface area contributed by atoms with E-state index in [0.29, 0.717) is 12.5 Å². The van der Waals surface area contributed by atoms with Gasteiger partial charge in [-0.05, 0) is 37.5 Å². The summed E-state index contributed by atoms with van der Waals surface area (Å²) in [5.74, 6) is 0.219. The van der Waals surface area contributed by atoms with E-state index in [1.165, 1.54) is 11.3 Å². The minimum Gasteiger partial charge on any atom is -0.382 e. The summed E-state index contributed by atoms with van der Waals surface area (Å²) in [6, 6.07) is 6.81. The van der Waals surface area contributed by atoms with Crippen molar-refractivity contribution >= 4 is 11.5 Å². The van der Waals surface area contributed by atoms with Crippen molar-refractivity contribution in [1.29, 1.82) is 0 Å². The molecule has 1 aliphatic rings. The maximum atomic E-state index is 11.0. The number of fused-ring (bicyclic) bond motifs is 1. The molecule has 1 aromatic rings. The summed E-state index contributed by atoms with van der Waals surface area (Å²) in [7, 11) is 0. The third-order valence-electron chi connectivity index (χ3n) is 2.56. The zero-order valence-corrected chi connectivity index (χ0v) is 8.63. The molecule has 0 aromatic heterocycles. The Balaban J connectivity index is 2.24. The number of hydrogen-bond acceptors (Lipinski definition) is 2. The van der Waals surface area contributed by atoms with E-state index in [9.17, 15) is 4.79 Å². The van der Waals surface area contributed by atoms with Crippen molar-refractivity contribution in [3.05, 3.63) is 29.3 Å². The number of ketones is 1. The van der Waals surface area contributed by atoms with Gasteiger partial charge >= 0.3 is 0 Å². The molecular formula is C12H15NO. The van der Waals surface area contributed by atoms with Gasteiger partial charge in [0.2, 0.25) is 0 Å². The first-order chi connectivity index (χ1) is 6.65. The maximum Gasteiger partial charge on any atom is 0.134 e. The average Bonchev–Trinajstić information content (AvgIpc) is 2.42. The number of anilines is 1. The van der Waals surface area contributed by atoms with Gasteiger partial charge in [-0.25, -0.2) is 0 Å². The summed E-state index contributed by atoms with van der Waals surface area (Å²) in [4.78, 5) is 11.0. The standard InChI is InChI=1S/C12H15NO/c1-8-5-11-4-3-10(6-9(2)14)7-12(11)13-8/h3-4,7-8,13H,5-6H2,1-2H3. The van der Waals surface area contributed by atoms with Gasteiger partial charge in [-0.15, -0.1) is 0 Å². The first kappa shape index (κ1) is 9.25. The van der Waals surface area contributed by atoms with Gasteiger partial charge in [-0.1, -0.05) is 12.1 Å². The minimum atomic E-state index is 0.219. The van der Waals surface area contributed by atoms with E-state index in [1.807, 2.05) is 0 Å². The quantitative estimate of drug-likeness (QED) is 0.772. The molecule has 1 N–H and O–H groups in total. The van der Waals surface area contributed by atoms with Crippen LogP contribution in [0.3, 0.4) is 0 Å². The minimum absolute atomic E-state index is 0.219. The van der Waals surface area contributed by atoms with Gasteiger partial charge in [-0.3, -0.25) is 4.79 Å². The molecule has 1 heterocycles. The average molecular weight is 189 g/mol. The van der Waals surface area contributed by atoms with Gasteiger partial charge in [0.1, 0.15) is 5.78 Å². The second kappa shape index (κ2) is 3.45. The fraction of sp³-hybridized carbons (Fsp3) is 0.417. The predicted molar refractivity (Wildman–Crippen MR) is 57.6 cm³/mol. The van der Waals surface area contributed by atoms with E-state index in [0.717, 1.165) is 12.0 Å². The van der Waals surface area contributed by atoms with E-state index in [1.54, 1.807) is 6.92 Å². The predicted octanol–water partition coefficient (Wildman–Crippen LogP) is 2.17. The summed E-state index contributed by atoms with van der Waals surface area (Å²) in [5, 5.41) is 3.40. The zero-order chi connectivity index (χ0) is 10.1. The van der Waals surface area contributed by atoms with Crippen LogP contribution in [0.2, 0.25) is 0 Å². The van der Waals surface area contributed by atoms with Crippen LogP contribution in [0, 0.1) is 0 Å². The highest BCUT2D eigenvalue weighted by molar-refractivity contribution is 5.78. The molecule has 1 aliphatic heterocycles. The molecule has 0 saturated heterocycles. The van der Waals surface area contributed by atoms with Crippen LogP contribution in [0.15, 0.2) is 18.2 Å². The van der Waals surface area contributed by atoms with Crippen LogP contribution >= 0.6 is 0 Å². The van der Waals surface area contributed by atoms with E-state index < -0.39 is 0 Å². The Labute approximate surface area is 84.3 Å². The van der Waals surface area contributed by atoms with E-state index in [2.05, 4.69) is 30.4 Å².